The number of benzene rings is 4. The van der Waals surface area contributed by atoms with Gasteiger partial charge in [-0.1, -0.05) is 104 Å². The summed E-state index contributed by atoms with van der Waals surface area (Å²) in [5, 5.41) is 2.04. The Labute approximate surface area is 171 Å². The van der Waals surface area contributed by atoms with Crippen LogP contribution in [-0.2, 0) is 9.98 Å². The van der Waals surface area contributed by atoms with Crippen molar-refractivity contribution in [1.82, 2.24) is 0 Å². The summed E-state index contributed by atoms with van der Waals surface area (Å²) in [5.74, 6) is 0. The Balaban J connectivity index is 1.89. The second kappa shape index (κ2) is 5.81. The molecule has 0 N–H and O–H groups in total. The fourth-order valence-corrected chi connectivity index (χ4v) is 8.50. The van der Waals surface area contributed by atoms with E-state index < -0.39 is 12.6 Å². The van der Waals surface area contributed by atoms with E-state index in [0.29, 0.717) is 6.16 Å². The maximum atomic E-state index is 14.4. The van der Waals surface area contributed by atoms with Crippen molar-refractivity contribution in [2.24, 2.45) is 0 Å². The monoisotopic (exact) mass is 392 g/mol. The lowest BCUT2D eigenvalue weighted by Crippen LogP contribution is -2.44. The average molecular weight is 392 g/mol. The molecule has 6 rings (SSSR count). The molecule has 0 fully saturated rings. The van der Waals surface area contributed by atoms with Crippen LogP contribution in [0.3, 0.4) is 0 Å². The van der Waals surface area contributed by atoms with Gasteiger partial charge in [-0.2, -0.15) is 0 Å². The minimum atomic E-state index is -2.68. The quantitative estimate of drug-likeness (QED) is 0.335. The van der Waals surface area contributed by atoms with Crippen LogP contribution in [0, 0.1) is 0 Å². The summed E-state index contributed by atoms with van der Waals surface area (Å²) >= 11 is 0. The van der Waals surface area contributed by atoms with Crippen LogP contribution in [0.2, 0.25) is 0 Å². The van der Waals surface area contributed by atoms with Crippen LogP contribution in [0.4, 0.5) is 0 Å². The molecule has 2 aliphatic rings. The molecule has 1 aliphatic carbocycles. The normalized spacial score (nSPS) is 16.6. The molecular weight excluding hydrogens is 371 g/mol. The van der Waals surface area contributed by atoms with Crippen molar-refractivity contribution in [2.75, 3.05) is 6.16 Å². The summed E-state index contributed by atoms with van der Waals surface area (Å²) in [6, 6.07) is 34.3. The summed E-state index contributed by atoms with van der Waals surface area (Å²) in [7, 11) is -2.68. The number of hydrogen-bond acceptors (Lipinski definition) is 1. The van der Waals surface area contributed by atoms with E-state index in [1.807, 2.05) is 12.1 Å². The minimum Gasteiger partial charge on any atom is -0.314 e. The molecule has 140 valence electrons. The van der Waals surface area contributed by atoms with Crippen LogP contribution < -0.4 is 10.6 Å². The fraction of sp³-hybridized carbons (Fsp3) is 0.111. The topological polar surface area (TPSA) is 17.1 Å². The van der Waals surface area contributed by atoms with Crippen LogP contribution in [0.5, 0.6) is 0 Å². The van der Waals surface area contributed by atoms with Gasteiger partial charge in [0.15, 0.2) is 0 Å². The molecule has 1 nitrogen and oxygen atoms in total. The Kier molecular flexibility index (Phi) is 3.41. The second-order valence-corrected chi connectivity index (χ2v) is 11.0. The third-order valence-electron chi connectivity index (χ3n) is 6.79. The van der Waals surface area contributed by atoms with Gasteiger partial charge in [0.1, 0.15) is 7.14 Å². The van der Waals surface area contributed by atoms with E-state index in [9.17, 15) is 4.57 Å². The lowest BCUT2D eigenvalue weighted by atomic mass is 9.67. The summed E-state index contributed by atoms with van der Waals surface area (Å²) in [6.45, 7) is 2.06. The zero-order valence-electron chi connectivity index (χ0n) is 16.3. The van der Waals surface area contributed by atoms with E-state index in [4.69, 9.17) is 0 Å². The van der Waals surface area contributed by atoms with E-state index in [-0.39, 0.29) is 0 Å². The molecule has 4 aromatic rings. The molecule has 1 spiro atoms. The Hall–Kier alpha value is -2.89. The third-order valence-corrected chi connectivity index (χ3v) is 10.0. The zero-order chi connectivity index (χ0) is 19.6. The van der Waals surface area contributed by atoms with Gasteiger partial charge in [0, 0.05) is 16.8 Å². The van der Waals surface area contributed by atoms with Crippen LogP contribution in [0.25, 0.3) is 11.1 Å². The lowest BCUT2D eigenvalue weighted by Gasteiger charge is -2.42. The van der Waals surface area contributed by atoms with Crippen molar-refractivity contribution in [2.45, 2.75) is 12.3 Å². The number of hydrogen-bond donors (Lipinski definition) is 0. The molecule has 0 bridgehead atoms. The van der Waals surface area contributed by atoms with Crippen molar-refractivity contribution in [1.29, 1.82) is 0 Å². The van der Waals surface area contributed by atoms with Crippen molar-refractivity contribution >= 4 is 17.8 Å². The molecule has 0 radical (unpaired) electrons. The van der Waals surface area contributed by atoms with E-state index in [1.54, 1.807) is 0 Å². The first kappa shape index (κ1) is 17.0. The largest absolute Gasteiger partial charge is 0.314 e. The summed E-state index contributed by atoms with van der Waals surface area (Å²) < 4.78 is 14.4. The first-order chi connectivity index (χ1) is 14.2. The van der Waals surface area contributed by atoms with Crippen molar-refractivity contribution in [3.8, 4) is 11.1 Å². The minimum absolute atomic E-state index is 0.413. The van der Waals surface area contributed by atoms with E-state index in [0.717, 1.165) is 10.6 Å². The van der Waals surface area contributed by atoms with Gasteiger partial charge < -0.3 is 4.57 Å². The molecule has 0 aromatic heterocycles. The smallest absolute Gasteiger partial charge is 0.143 e. The highest BCUT2D eigenvalue weighted by Gasteiger charge is 2.53. The van der Waals surface area contributed by atoms with Gasteiger partial charge in [0.2, 0.25) is 0 Å². The van der Waals surface area contributed by atoms with Crippen LogP contribution in [-0.4, -0.2) is 6.16 Å². The Morgan fingerprint density at radius 1 is 0.586 bits per heavy atom. The summed E-state index contributed by atoms with van der Waals surface area (Å²) in [4.78, 5) is 0. The number of rotatable bonds is 1. The molecule has 0 unspecified atom stereocenters. The Morgan fingerprint density at radius 3 is 1.41 bits per heavy atom. The summed E-state index contributed by atoms with van der Waals surface area (Å²) in [5.41, 5.74) is 7.10. The first-order valence-electron chi connectivity index (χ1n) is 10.2. The SMILES string of the molecule is CCP1(=O)c2ccccc2C2(c3ccccc3-c3ccccc32)c2ccccc21. The fourth-order valence-electron chi connectivity index (χ4n) is 5.64. The third kappa shape index (κ3) is 1.90. The highest BCUT2D eigenvalue weighted by molar-refractivity contribution is 7.79. The van der Waals surface area contributed by atoms with Crippen molar-refractivity contribution < 1.29 is 4.57 Å². The van der Waals surface area contributed by atoms with Gasteiger partial charge in [0.25, 0.3) is 0 Å². The molecule has 1 aliphatic heterocycles. The summed E-state index contributed by atoms with van der Waals surface area (Å²) in [6.07, 6.45) is 0.639. The molecule has 0 saturated heterocycles. The predicted molar refractivity (Wildman–Crippen MR) is 121 cm³/mol. The van der Waals surface area contributed by atoms with Crippen molar-refractivity contribution in [3.05, 3.63) is 119 Å². The molecule has 0 saturated carbocycles. The average Bonchev–Trinajstić information content (AvgIpc) is 3.09. The molecule has 29 heavy (non-hydrogen) atoms. The molecule has 4 aromatic carbocycles. The highest BCUT2D eigenvalue weighted by Crippen LogP contribution is 2.61. The standard InChI is InChI=1S/C27H21OP/c1-2-29(28)25-17-9-7-15-23(25)27(24-16-8-10-18-26(24)29)21-13-5-3-11-19(21)20-12-4-6-14-22(20)27/h3-18H,2H2,1H3. The maximum absolute atomic E-state index is 14.4. The van der Waals surface area contributed by atoms with Crippen LogP contribution >= 0.6 is 7.14 Å². The Morgan fingerprint density at radius 2 is 0.966 bits per heavy atom. The second-order valence-electron chi connectivity index (χ2n) is 7.93. The molecule has 2 heteroatoms. The highest BCUT2D eigenvalue weighted by atomic mass is 31.2. The van der Waals surface area contributed by atoms with E-state index >= 15 is 0 Å². The first-order valence-corrected chi connectivity index (χ1v) is 12.1. The molecule has 0 amide bonds. The van der Waals surface area contributed by atoms with Crippen molar-refractivity contribution in [3.63, 3.8) is 0 Å². The van der Waals surface area contributed by atoms with E-state index in [1.165, 1.54) is 33.4 Å². The van der Waals surface area contributed by atoms with E-state index in [2.05, 4.69) is 91.9 Å². The number of fused-ring (bicyclic) bond motifs is 9. The van der Waals surface area contributed by atoms with Crippen LogP contribution in [0.1, 0.15) is 29.2 Å². The van der Waals surface area contributed by atoms with Gasteiger partial charge in [-0.05, 0) is 33.4 Å². The molecule has 1 heterocycles. The van der Waals surface area contributed by atoms with Gasteiger partial charge in [0.05, 0.1) is 5.41 Å². The van der Waals surface area contributed by atoms with Gasteiger partial charge >= 0.3 is 0 Å². The maximum Gasteiger partial charge on any atom is 0.143 e. The lowest BCUT2D eigenvalue weighted by molar-refractivity contribution is 0.585. The predicted octanol–water partition coefficient (Wildman–Crippen LogP) is 5.70. The Bertz CT molecular complexity index is 1230. The molecular formula is C27H21OP. The van der Waals surface area contributed by atoms with Crippen LogP contribution in [0.15, 0.2) is 97.1 Å². The zero-order valence-corrected chi connectivity index (χ0v) is 17.2. The molecule has 0 atom stereocenters. The van der Waals surface area contributed by atoms with Gasteiger partial charge in [-0.15, -0.1) is 0 Å². The van der Waals surface area contributed by atoms with Gasteiger partial charge in [-0.3, -0.25) is 0 Å². The van der Waals surface area contributed by atoms with Gasteiger partial charge in [-0.25, -0.2) is 0 Å².